The van der Waals surface area contributed by atoms with Gasteiger partial charge in [-0.25, -0.2) is 4.39 Å². The van der Waals surface area contributed by atoms with E-state index in [4.69, 9.17) is 4.74 Å². The standard InChI is InChI=1S/C16H18FNOS/c1-11(18-2)14-5-4-6-15(17)16(14)20-13-9-7-12(19-3)8-10-13/h4-11,18H,1-3H3. The molecule has 0 aliphatic heterocycles. The van der Waals surface area contributed by atoms with E-state index in [9.17, 15) is 4.39 Å². The average Bonchev–Trinajstić information content (AvgIpc) is 2.49. The van der Waals surface area contributed by atoms with Crippen LogP contribution in [0.15, 0.2) is 52.3 Å². The van der Waals surface area contributed by atoms with Crippen molar-refractivity contribution in [2.24, 2.45) is 0 Å². The molecule has 2 rings (SSSR count). The highest BCUT2D eigenvalue weighted by Crippen LogP contribution is 2.35. The number of methoxy groups -OCH3 is 1. The molecule has 4 heteroatoms. The van der Waals surface area contributed by atoms with Crippen LogP contribution < -0.4 is 10.1 Å². The van der Waals surface area contributed by atoms with E-state index in [2.05, 4.69) is 5.32 Å². The zero-order chi connectivity index (χ0) is 14.5. The largest absolute Gasteiger partial charge is 0.497 e. The van der Waals surface area contributed by atoms with Gasteiger partial charge in [-0.1, -0.05) is 23.9 Å². The molecule has 0 fully saturated rings. The second kappa shape index (κ2) is 6.77. The molecule has 1 atom stereocenters. The smallest absolute Gasteiger partial charge is 0.137 e. The first kappa shape index (κ1) is 14.9. The molecule has 0 aliphatic rings. The summed E-state index contributed by atoms with van der Waals surface area (Å²) in [5.74, 6) is 0.608. The van der Waals surface area contributed by atoms with Crippen LogP contribution in [0.3, 0.4) is 0 Å². The summed E-state index contributed by atoms with van der Waals surface area (Å²) < 4.78 is 19.2. The van der Waals surface area contributed by atoms with Crippen molar-refractivity contribution in [2.75, 3.05) is 14.2 Å². The van der Waals surface area contributed by atoms with Gasteiger partial charge in [-0.05, 0) is 49.9 Å². The Morgan fingerprint density at radius 3 is 2.45 bits per heavy atom. The first-order valence-corrected chi connectivity index (χ1v) is 7.25. The van der Waals surface area contributed by atoms with Crippen molar-refractivity contribution in [3.8, 4) is 5.75 Å². The van der Waals surface area contributed by atoms with Gasteiger partial charge in [0.05, 0.1) is 12.0 Å². The minimum atomic E-state index is -0.189. The van der Waals surface area contributed by atoms with E-state index < -0.39 is 0 Å². The lowest BCUT2D eigenvalue weighted by Gasteiger charge is -2.16. The molecule has 0 aliphatic carbocycles. The van der Waals surface area contributed by atoms with Gasteiger partial charge < -0.3 is 10.1 Å². The van der Waals surface area contributed by atoms with Gasteiger partial charge in [0.25, 0.3) is 0 Å². The van der Waals surface area contributed by atoms with Crippen LogP contribution in [-0.4, -0.2) is 14.2 Å². The quantitative estimate of drug-likeness (QED) is 0.889. The van der Waals surface area contributed by atoms with Crippen LogP contribution in [0.1, 0.15) is 18.5 Å². The Morgan fingerprint density at radius 2 is 1.85 bits per heavy atom. The molecular weight excluding hydrogens is 273 g/mol. The van der Waals surface area contributed by atoms with E-state index in [1.165, 1.54) is 17.8 Å². The van der Waals surface area contributed by atoms with E-state index in [0.29, 0.717) is 4.90 Å². The monoisotopic (exact) mass is 291 g/mol. The Kier molecular flexibility index (Phi) is 5.04. The van der Waals surface area contributed by atoms with Crippen molar-refractivity contribution in [3.63, 3.8) is 0 Å². The van der Waals surface area contributed by atoms with Crippen molar-refractivity contribution in [3.05, 3.63) is 53.8 Å². The molecule has 20 heavy (non-hydrogen) atoms. The molecule has 0 saturated heterocycles. The van der Waals surface area contributed by atoms with Gasteiger partial charge in [-0.3, -0.25) is 0 Å². The van der Waals surface area contributed by atoms with Crippen LogP contribution in [-0.2, 0) is 0 Å². The highest BCUT2D eigenvalue weighted by Gasteiger charge is 2.14. The maximum absolute atomic E-state index is 14.1. The number of hydrogen-bond acceptors (Lipinski definition) is 3. The van der Waals surface area contributed by atoms with Crippen LogP contribution in [0.4, 0.5) is 4.39 Å². The van der Waals surface area contributed by atoms with E-state index in [1.54, 1.807) is 13.2 Å². The van der Waals surface area contributed by atoms with Crippen LogP contribution in [0.2, 0.25) is 0 Å². The number of nitrogens with one attached hydrogen (secondary N) is 1. The molecule has 0 saturated carbocycles. The van der Waals surface area contributed by atoms with Crippen molar-refractivity contribution in [1.29, 1.82) is 0 Å². The highest BCUT2D eigenvalue weighted by molar-refractivity contribution is 7.99. The molecule has 106 valence electrons. The van der Waals surface area contributed by atoms with Crippen LogP contribution in [0, 0.1) is 5.82 Å². The van der Waals surface area contributed by atoms with E-state index >= 15 is 0 Å². The number of halogens is 1. The summed E-state index contributed by atoms with van der Waals surface area (Å²) in [6, 6.07) is 12.9. The molecule has 0 radical (unpaired) electrons. The number of rotatable bonds is 5. The van der Waals surface area contributed by atoms with Crippen LogP contribution in [0.5, 0.6) is 5.75 Å². The predicted molar refractivity (Wildman–Crippen MR) is 81.0 cm³/mol. The molecular formula is C16H18FNOS. The molecule has 0 heterocycles. The van der Waals surface area contributed by atoms with E-state index in [-0.39, 0.29) is 11.9 Å². The number of hydrogen-bond donors (Lipinski definition) is 1. The third-order valence-electron chi connectivity index (χ3n) is 3.18. The first-order valence-electron chi connectivity index (χ1n) is 6.43. The lowest BCUT2D eigenvalue weighted by atomic mass is 10.1. The molecule has 0 aromatic heterocycles. The molecule has 2 nitrogen and oxygen atoms in total. The summed E-state index contributed by atoms with van der Waals surface area (Å²) in [5, 5.41) is 3.15. The van der Waals surface area contributed by atoms with Crippen molar-refractivity contribution < 1.29 is 9.13 Å². The summed E-state index contributed by atoms with van der Waals surface area (Å²) in [5.41, 5.74) is 0.966. The van der Waals surface area contributed by atoms with Crippen molar-refractivity contribution in [2.45, 2.75) is 22.8 Å². The lowest BCUT2D eigenvalue weighted by molar-refractivity contribution is 0.414. The highest BCUT2D eigenvalue weighted by atomic mass is 32.2. The zero-order valence-corrected chi connectivity index (χ0v) is 12.6. The van der Waals surface area contributed by atoms with Gasteiger partial charge in [-0.2, -0.15) is 0 Å². The second-order valence-corrected chi connectivity index (χ2v) is 5.53. The third kappa shape index (κ3) is 3.32. The summed E-state index contributed by atoms with van der Waals surface area (Å²) in [7, 11) is 3.50. The van der Waals surface area contributed by atoms with Crippen LogP contribution in [0.25, 0.3) is 0 Å². The summed E-state index contributed by atoms with van der Waals surface area (Å²) in [6.45, 7) is 2.02. The number of benzene rings is 2. The maximum Gasteiger partial charge on any atom is 0.137 e. The summed E-state index contributed by atoms with van der Waals surface area (Å²) in [4.78, 5) is 1.65. The molecule has 0 amide bonds. The predicted octanol–water partition coefficient (Wildman–Crippen LogP) is 4.27. The zero-order valence-electron chi connectivity index (χ0n) is 11.8. The SMILES string of the molecule is CNC(C)c1cccc(F)c1Sc1ccc(OC)cc1. The molecule has 1 N–H and O–H groups in total. The van der Waals surface area contributed by atoms with Gasteiger partial charge in [0.2, 0.25) is 0 Å². The normalized spacial score (nSPS) is 12.2. The minimum Gasteiger partial charge on any atom is -0.497 e. The van der Waals surface area contributed by atoms with Gasteiger partial charge >= 0.3 is 0 Å². The van der Waals surface area contributed by atoms with Crippen molar-refractivity contribution >= 4 is 11.8 Å². The van der Waals surface area contributed by atoms with Gasteiger partial charge in [0, 0.05) is 10.9 Å². The lowest BCUT2D eigenvalue weighted by Crippen LogP contribution is -2.13. The summed E-state index contributed by atoms with van der Waals surface area (Å²) in [6.07, 6.45) is 0. The Hall–Kier alpha value is -1.52. The van der Waals surface area contributed by atoms with E-state index in [0.717, 1.165) is 16.2 Å². The molecule has 1 unspecified atom stereocenters. The second-order valence-electron chi connectivity index (χ2n) is 4.45. The minimum absolute atomic E-state index is 0.103. The van der Waals surface area contributed by atoms with Gasteiger partial charge in [0.15, 0.2) is 0 Å². The van der Waals surface area contributed by atoms with Crippen LogP contribution >= 0.6 is 11.8 Å². The third-order valence-corrected chi connectivity index (χ3v) is 4.32. The Bertz CT molecular complexity index is 571. The van der Waals surface area contributed by atoms with Crippen molar-refractivity contribution in [1.82, 2.24) is 5.32 Å². The van der Waals surface area contributed by atoms with E-state index in [1.807, 2.05) is 44.3 Å². The first-order chi connectivity index (χ1) is 9.65. The molecule has 2 aromatic carbocycles. The molecule has 0 spiro atoms. The Morgan fingerprint density at radius 1 is 1.15 bits per heavy atom. The fourth-order valence-electron chi connectivity index (χ4n) is 1.89. The fourth-order valence-corrected chi connectivity index (χ4v) is 2.93. The molecule has 0 bridgehead atoms. The maximum atomic E-state index is 14.1. The fraction of sp³-hybridized carbons (Fsp3) is 0.250. The molecule has 2 aromatic rings. The summed E-state index contributed by atoms with van der Waals surface area (Å²) >= 11 is 1.43. The van der Waals surface area contributed by atoms with Gasteiger partial charge in [0.1, 0.15) is 11.6 Å². The Balaban J connectivity index is 2.31. The topological polar surface area (TPSA) is 21.3 Å². The Labute approximate surface area is 123 Å². The van der Waals surface area contributed by atoms with Gasteiger partial charge in [-0.15, -0.1) is 0 Å². The number of ether oxygens (including phenoxy) is 1. The average molecular weight is 291 g/mol.